The van der Waals surface area contributed by atoms with Gasteiger partial charge in [-0.1, -0.05) is 0 Å². The second kappa shape index (κ2) is 4.23. The molecule has 0 aliphatic carbocycles. The van der Waals surface area contributed by atoms with Crippen LogP contribution in [0.15, 0.2) is 0 Å². The quantitative estimate of drug-likeness (QED) is 0.537. The molecular formula is C8H15N3O2. The Kier molecular flexibility index (Phi) is 3.25. The van der Waals surface area contributed by atoms with Crippen LogP contribution in [-0.4, -0.2) is 48.0 Å². The van der Waals surface area contributed by atoms with Gasteiger partial charge in [-0.3, -0.25) is 19.6 Å². The fourth-order valence-corrected chi connectivity index (χ4v) is 1.39. The normalized spacial score (nSPS) is 18.3. The van der Waals surface area contributed by atoms with Crippen molar-refractivity contribution >= 4 is 11.8 Å². The van der Waals surface area contributed by atoms with Gasteiger partial charge in [0.15, 0.2) is 0 Å². The third kappa shape index (κ3) is 2.42. The van der Waals surface area contributed by atoms with Gasteiger partial charge in [-0.15, -0.1) is 0 Å². The Balaban J connectivity index is 2.72. The van der Waals surface area contributed by atoms with Crippen LogP contribution in [0.2, 0.25) is 0 Å². The zero-order valence-corrected chi connectivity index (χ0v) is 8.04. The van der Waals surface area contributed by atoms with Gasteiger partial charge in [0, 0.05) is 26.9 Å². The summed E-state index contributed by atoms with van der Waals surface area (Å²) in [5.74, 6) is -0.169. The summed E-state index contributed by atoms with van der Waals surface area (Å²) in [5.41, 5.74) is 0. The van der Waals surface area contributed by atoms with Crippen LogP contribution >= 0.6 is 0 Å². The molecule has 0 aromatic heterocycles. The Hall–Kier alpha value is -1.10. The molecule has 2 amide bonds. The van der Waals surface area contributed by atoms with Gasteiger partial charge < -0.3 is 5.32 Å². The lowest BCUT2D eigenvalue weighted by molar-refractivity contribution is -0.159. The van der Waals surface area contributed by atoms with E-state index >= 15 is 0 Å². The number of hydrazine groups is 1. The van der Waals surface area contributed by atoms with Crippen molar-refractivity contribution in [2.45, 2.75) is 13.8 Å². The van der Waals surface area contributed by atoms with Crippen LogP contribution in [0.25, 0.3) is 0 Å². The van der Waals surface area contributed by atoms with Crippen LogP contribution in [0.3, 0.4) is 0 Å². The maximum Gasteiger partial charge on any atom is 0.238 e. The molecule has 1 rings (SSSR count). The number of carbonyl (C=O) groups excluding carboxylic acids is 2. The summed E-state index contributed by atoms with van der Waals surface area (Å²) in [6.07, 6.45) is 0. The van der Waals surface area contributed by atoms with Gasteiger partial charge >= 0.3 is 0 Å². The monoisotopic (exact) mass is 185 g/mol. The largest absolute Gasteiger partial charge is 0.313 e. The third-order valence-corrected chi connectivity index (χ3v) is 2.02. The first-order chi connectivity index (χ1) is 6.13. The molecule has 1 aliphatic rings. The minimum Gasteiger partial charge on any atom is -0.313 e. The van der Waals surface area contributed by atoms with E-state index in [0.717, 1.165) is 13.1 Å². The van der Waals surface area contributed by atoms with Crippen LogP contribution in [-0.2, 0) is 9.59 Å². The molecule has 0 unspecified atom stereocenters. The van der Waals surface area contributed by atoms with Crippen molar-refractivity contribution in [2.75, 3.05) is 26.2 Å². The molecule has 1 saturated heterocycles. The Labute approximate surface area is 77.7 Å². The number of hydrogen-bond acceptors (Lipinski definition) is 3. The van der Waals surface area contributed by atoms with Crippen LogP contribution in [0.4, 0.5) is 0 Å². The number of nitrogens with one attached hydrogen (secondary N) is 1. The van der Waals surface area contributed by atoms with E-state index in [-0.39, 0.29) is 11.8 Å². The number of hydrogen-bond donors (Lipinski definition) is 1. The highest BCUT2D eigenvalue weighted by molar-refractivity contribution is 5.79. The summed E-state index contributed by atoms with van der Waals surface area (Å²) in [7, 11) is 0. The molecular weight excluding hydrogens is 170 g/mol. The van der Waals surface area contributed by atoms with Gasteiger partial charge in [-0.25, -0.2) is 0 Å². The predicted octanol–water partition coefficient (Wildman–Crippen LogP) is -0.798. The number of amides is 2. The summed E-state index contributed by atoms with van der Waals surface area (Å²) in [5, 5.41) is 6.11. The summed E-state index contributed by atoms with van der Waals surface area (Å²) < 4.78 is 0. The lowest BCUT2D eigenvalue weighted by atomic mass is 10.5. The first kappa shape index (κ1) is 9.98. The Bertz CT molecular complexity index is 195. The van der Waals surface area contributed by atoms with E-state index in [1.807, 2.05) is 0 Å². The molecule has 1 fully saturated rings. The molecule has 1 N–H and O–H groups in total. The average molecular weight is 185 g/mol. The van der Waals surface area contributed by atoms with Crippen molar-refractivity contribution < 1.29 is 9.59 Å². The van der Waals surface area contributed by atoms with E-state index in [2.05, 4.69) is 5.32 Å². The van der Waals surface area contributed by atoms with Crippen molar-refractivity contribution in [1.82, 2.24) is 15.3 Å². The fraction of sp³-hybridized carbons (Fsp3) is 0.750. The standard InChI is InChI=1S/C8H15N3O2/c1-7(12)10-5-3-9-4-6-11(10)8(2)13/h9H,3-6H2,1-2H3. The second-order valence-electron chi connectivity index (χ2n) is 3.03. The van der Waals surface area contributed by atoms with Crippen molar-refractivity contribution in [2.24, 2.45) is 0 Å². The molecule has 1 aliphatic heterocycles. The molecule has 0 aromatic carbocycles. The highest BCUT2D eigenvalue weighted by Gasteiger charge is 2.21. The van der Waals surface area contributed by atoms with E-state index < -0.39 is 0 Å². The summed E-state index contributed by atoms with van der Waals surface area (Å²) in [6.45, 7) is 5.55. The number of carbonyl (C=O) groups is 2. The van der Waals surface area contributed by atoms with E-state index in [4.69, 9.17) is 0 Å². The van der Waals surface area contributed by atoms with E-state index in [1.165, 1.54) is 23.9 Å². The van der Waals surface area contributed by atoms with Crippen molar-refractivity contribution in [1.29, 1.82) is 0 Å². The van der Waals surface area contributed by atoms with Gasteiger partial charge in [0.05, 0.1) is 13.1 Å². The zero-order valence-electron chi connectivity index (χ0n) is 8.04. The van der Waals surface area contributed by atoms with Crippen molar-refractivity contribution in [3.8, 4) is 0 Å². The molecule has 0 radical (unpaired) electrons. The Morgan fingerprint density at radius 2 is 1.38 bits per heavy atom. The maximum absolute atomic E-state index is 11.2. The highest BCUT2D eigenvalue weighted by atomic mass is 16.2. The molecule has 5 heteroatoms. The summed E-state index contributed by atoms with van der Waals surface area (Å²) in [6, 6.07) is 0. The average Bonchev–Trinajstić information content (AvgIpc) is 2.27. The van der Waals surface area contributed by atoms with Crippen LogP contribution in [0.1, 0.15) is 13.8 Å². The first-order valence-corrected chi connectivity index (χ1v) is 4.40. The lowest BCUT2D eigenvalue weighted by Crippen LogP contribution is -2.48. The maximum atomic E-state index is 11.2. The van der Waals surface area contributed by atoms with Crippen LogP contribution in [0.5, 0.6) is 0 Å². The topological polar surface area (TPSA) is 52.7 Å². The molecule has 1 heterocycles. The Morgan fingerprint density at radius 3 is 1.69 bits per heavy atom. The molecule has 0 atom stereocenters. The van der Waals surface area contributed by atoms with Gasteiger partial charge in [0.2, 0.25) is 11.8 Å². The van der Waals surface area contributed by atoms with E-state index in [0.29, 0.717) is 13.1 Å². The lowest BCUT2D eigenvalue weighted by Gasteiger charge is -2.30. The minimum absolute atomic E-state index is 0.0844. The van der Waals surface area contributed by atoms with E-state index in [1.54, 1.807) is 0 Å². The van der Waals surface area contributed by atoms with Crippen LogP contribution in [0, 0.1) is 0 Å². The molecule has 0 aromatic rings. The van der Waals surface area contributed by atoms with E-state index in [9.17, 15) is 9.59 Å². The van der Waals surface area contributed by atoms with Gasteiger partial charge in [0.25, 0.3) is 0 Å². The van der Waals surface area contributed by atoms with Crippen LogP contribution < -0.4 is 5.32 Å². The SMILES string of the molecule is CC(=O)N1CCNCCN1C(C)=O. The fourth-order valence-electron chi connectivity index (χ4n) is 1.39. The smallest absolute Gasteiger partial charge is 0.238 e. The molecule has 0 spiro atoms. The predicted molar refractivity (Wildman–Crippen MR) is 47.6 cm³/mol. The van der Waals surface area contributed by atoms with Gasteiger partial charge in [-0.05, 0) is 0 Å². The van der Waals surface area contributed by atoms with Crippen molar-refractivity contribution in [3.05, 3.63) is 0 Å². The van der Waals surface area contributed by atoms with Crippen molar-refractivity contribution in [3.63, 3.8) is 0 Å². The molecule has 0 bridgehead atoms. The first-order valence-electron chi connectivity index (χ1n) is 4.40. The Morgan fingerprint density at radius 1 is 1.00 bits per heavy atom. The number of rotatable bonds is 0. The molecule has 5 nitrogen and oxygen atoms in total. The minimum atomic E-state index is -0.0844. The van der Waals surface area contributed by atoms with Gasteiger partial charge in [-0.2, -0.15) is 0 Å². The zero-order chi connectivity index (χ0) is 9.84. The molecule has 74 valence electrons. The third-order valence-electron chi connectivity index (χ3n) is 2.02. The summed E-state index contributed by atoms with van der Waals surface area (Å²) >= 11 is 0. The second-order valence-corrected chi connectivity index (χ2v) is 3.03. The number of nitrogens with zero attached hydrogens (tertiary/aromatic N) is 2. The highest BCUT2D eigenvalue weighted by Crippen LogP contribution is 2.01. The van der Waals surface area contributed by atoms with Gasteiger partial charge in [0.1, 0.15) is 0 Å². The molecule has 13 heavy (non-hydrogen) atoms. The molecule has 0 saturated carbocycles. The summed E-state index contributed by atoms with van der Waals surface area (Å²) in [4.78, 5) is 22.3.